The Morgan fingerprint density at radius 1 is 1.39 bits per heavy atom. The van der Waals surface area contributed by atoms with E-state index < -0.39 is 0 Å². The van der Waals surface area contributed by atoms with E-state index in [0.717, 1.165) is 26.6 Å². The lowest BCUT2D eigenvalue weighted by molar-refractivity contribution is -0.113. The second-order valence-corrected chi connectivity index (χ2v) is 5.51. The Labute approximate surface area is 114 Å². The molecular formula is C14H11NOS2. The van der Waals surface area contributed by atoms with Crippen molar-refractivity contribution in [3.05, 3.63) is 51.9 Å². The van der Waals surface area contributed by atoms with Crippen LogP contribution in [0.3, 0.4) is 0 Å². The van der Waals surface area contributed by atoms with Gasteiger partial charge < -0.3 is 0 Å². The number of fused-ring (bicyclic) bond motifs is 2. The quantitative estimate of drug-likeness (QED) is 0.580. The molecule has 0 aromatic heterocycles. The average molecular weight is 273 g/mol. The number of nitrogens with zero attached hydrogens (tertiary/aromatic N) is 1. The Kier molecular flexibility index (Phi) is 3.14. The predicted molar refractivity (Wildman–Crippen MR) is 76.9 cm³/mol. The number of carbonyl (C=O) groups excluding carboxylic acids is 1. The first kappa shape index (κ1) is 11.8. The van der Waals surface area contributed by atoms with Crippen molar-refractivity contribution in [2.45, 2.75) is 11.3 Å². The smallest absolute Gasteiger partial charge is 0.167 e. The summed E-state index contributed by atoms with van der Waals surface area (Å²) in [5.74, 6) is 0.181. The molecule has 1 aromatic carbocycles. The Balaban J connectivity index is 2.45. The van der Waals surface area contributed by atoms with Gasteiger partial charge in [0, 0.05) is 39.5 Å². The summed E-state index contributed by atoms with van der Waals surface area (Å²) in [7, 11) is 0. The molecular weight excluding hydrogens is 262 g/mol. The molecule has 1 aliphatic heterocycles. The highest BCUT2D eigenvalue weighted by molar-refractivity contribution is 8.01. The summed E-state index contributed by atoms with van der Waals surface area (Å²) >= 11 is 3.06. The van der Waals surface area contributed by atoms with Gasteiger partial charge in [-0.05, 0) is 17.9 Å². The van der Waals surface area contributed by atoms with E-state index >= 15 is 0 Å². The molecule has 0 saturated heterocycles. The van der Waals surface area contributed by atoms with E-state index in [1.807, 2.05) is 42.0 Å². The van der Waals surface area contributed by atoms with Crippen molar-refractivity contribution in [3.63, 3.8) is 0 Å². The lowest BCUT2D eigenvalue weighted by Gasteiger charge is -2.10. The van der Waals surface area contributed by atoms with Crippen molar-refractivity contribution in [1.82, 2.24) is 0 Å². The van der Waals surface area contributed by atoms with Crippen molar-refractivity contribution in [1.29, 1.82) is 0 Å². The number of carbonyl (C=O) groups is 1. The molecule has 3 rings (SSSR count). The molecule has 18 heavy (non-hydrogen) atoms. The minimum Gasteiger partial charge on any atom is -0.294 e. The van der Waals surface area contributed by atoms with Gasteiger partial charge in [0.1, 0.15) is 0 Å². The molecule has 0 saturated carbocycles. The van der Waals surface area contributed by atoms with Crippen LogP contribution in [0.1, 0.15) is 6.42 Å². The third-order valence-corrected chi connectivity index (χ3v) is 4.40. The van der Waals surface area contributed by atoms with Crippen LogP contribution in [0.2, 0.25) is 0 Å². The van der Waals surface area contributed by atoms with Gasteiger partial charge in [-0.15, -0.1) is 11.8 Å². The zero-order valence-electron chi connectivity index (χ0n) is 9.84. The number of hydrogen-bond donors (Lipinski definition) is 0. The van der Waals surface area contributed by atoms with E-state index in [1.54, 1.807) is 11.8 Å². The summed E-state index contributed by atoms with van der Waals surface area (Å²) in [4.78, 5) is 13.3. The van der Waals surface area contributed by atoms with Gasteiger partial charge in [0.2, 0.25) is 0 Å². The van der Waals surface area contributed by atoms with E-state index in [1.165, 1.54) is 11.9 Å². The monoisotopic (exact) mass is 273 g/mol. The summed E-state index contributed by atoms with van der Waals surface area (Å²) in [6.07, 6.45) is 6.45. The molecule has 0 amide bonds. The highest BCUT2D eigenvalue weighted by Crippen LogP contribution is 2.25. The topological polar surface area (TPSA) is 29.4 Å². The molecule has 0 bridgehead atoms. The zero-order chi connectivity index (χ0) is 12.5. The van der Waals surface area contributed by atoms with Gasteiger partial charge in [0.15, 0.2) is 5.78 Å². The van der Waals surface area contributed by atoms with Crippen molar-refractivity contribution < 1.29 is 4.79 Å². The molecule has 90 valence electrons. The average Bonchev–Trinajstić information content (AvgIpc) is 2.58. The number of hydrogen-bond acceptors (Lipinski definition) is 4. The summed E-state index contributed by atoms with van der Waals surface area (Å²) in [5.41, 5.74) is 1.80. The molecule has 0 spiro atoms. The standard InChI is InChI=1S/C14H11NOS2/c1-17-12-7-3-5-10-13-9(4-2-6-11(13)16)8-18-15-14(10)12/h2-5,7-8H,6H2,1H3. The zero-order valence-corrected chi connectivity index (χ0v) is 11.5. The summed E-state index contributed by atoms with van der Waals surface area (Å²) in [5, 5.41) is 3.85. The Bertz CT molecular complexity index is 701. The Morgan fingerprint density at radius 3 is 3.11 bits per heavy atom. The maximum atomic E-state index is 12.2. The van der Waals surface area contributed by atoms with Gasteiger partial charge >= 0.3 is 0 Å². The van der Waals surface area contributed by atoms with Crippen LogP contribution >= 0.6 is 23.7 Å². The first-order valence-corrected chi connectivity index (χ1v) is 7.69. The number of Topliss-reactive ketones (excluding diaryl/α,β-unsaturated/α-hetero) is 1. The number of benzene rings is 1. The molecule has 0 unspecified atom stereocenters. The molecule has 1 heterocycles. The van der Waals surface area contributed by atoms with Crippen LogP contribution in [0.15, 0.2) is 50.6 Å². The number of thioether (sulfide) groups is 1. The van der Waals surface area contributed by atoms with Crippen molar-refractivity contribution >= 4 is 35.1 Å². The highest BCUT2D eigenvalue weighted by atomic mass is 32.2. The predicted octanol–water partition coefficient (Wildman–Crippen LogP) is 2.25. The largest absolute Gasteiger partial charge is 0.294 e. The fourth-order valence-electron chi connectivity index (χ4n) is 2.16. The Morgan fingerprint density at radius 2 is 2.28 bits per heavy atom. The molecule has 1 aliphatic carbocycles. The Hall–Kier alpha value is -1.26. The first-order chi connectivity index (χ1) is 8.81. The highest BCUT2D eigenvalue weighted by Gasteiger charge is 2.19. The molecule has 0 radical (unpaired) electrons. The third kappa shape index (κ3) is 1.85. The number of ketones is 1. The van der Waals surface area contributed by atoms with Gasteiger partial charge in [-0.3, -0.25) is 4.79 Å². The van der Waals surface area contributed by atoms with Gasteiger partial charge in [-0.25, -0.2) is 4.40 Å². The van der Waals surface area contributed by atoms with Crippen LogP contribution in [0.4, 0.5) is 0 Å². The van der Waals surface area contributed by atoms with E-state index in [2.05, 4.69) is 4.40 Å². The first-order valence-electron chi connectivity index (χ1n) is 5.62. The normalized spacial score (nSPS) is 17.5. The van der Waals surface area contributed by atoms with Crippen LogP contribution < -0.4 is 10.6 Å². The molecule has 4 heteroatoms. The minimum absolute atomic E-state index is 0.181. The van der Waals surface area contributed by atoms with Crippen molar-refractivity contribution in [3.8, 4) is 0 Å². The molecule has 0 fully saturated rings. The fraction of sp³-hybridized carbons (Fsp3) is 0.143. The lowest BCUT2D eigenvalue weighted by atomic mass is 9.93. The molecule has 2 aliphatic rings. The SMILES string of the molecule is CSc1cccc2c1=NSC=C1C=CCC(=O)C=21. The van der Waals surface area contributed by atoms with E-state index in [4.69, 9.17) is 0 Å². The molecule has 2 nitrogen and oxygen atoms in total. The molecule has 1 aromatic rings. The van der Waals surface area contributed by atoms with Crippen molar-refractivity contribution in [2.24, 2.45) is 4.40 Å². The molecule has 0 N–H and O–H groups in total. The molecule has 0 atom stereocenters. The van der Waals surface area contributed by atoms with Crippen molar-refractivity contribution in [2.75, 3.05) is 6.26 Å². The summed E-state index contributed by atoms with van der Waals surface area (Å²) in [6.45, 7) is 0. The van der Waals surface area contributed by atoms with E-state index in [-0.39, 0.29) is 5.78 Å². The number of rotatable bonds is 1. The third-order valence-electron chi connectivity index (χ3n) is 2.98. The maximum Gasteiger partial charge on any atom is 0.167 e. The summed E-state index contributed by atoms with van der Waals surface area (Å²) < 4.78 is 4.53. The van der Waals surface area contributed by atoms with Gasteiger partial charge in [-0.2, -0.15) is 0 Å². The minimum atomic E-state index is 0.181. The summed E-state index contributed by atoms with van der Waals surface area (Å²) in [6, 6.07) is 6.03. The van der Waals surface area contributed by atoms with Gasteiger partial charge in [-0.1, -0.05) is 24.3 Å². The van der Waals surface area contributed by atoms with Crippen LogP contribution in [0.5, 0.6) is 0 Å². The van der Waals surface area contributed by atoms with Crippen LogP contribution in [0.25, 0.3) is 5.57 Å². The maximum absolute atomic E-state index is 12.2. The lowest BCUT2D eigenvalue weighted by Crippen LogP contribution is -2.31. The van der Waals surface area contributed by atoms with Gasteiger partial charge in [0.25, 0.3) is 0 Å². The van der Waals surface area contributed by atoms with E-state index in [9.17, 15) is 4.79 Å². The van der Waals surface area contributed by atoms with Gasteiger partial charge in [0.05, 0.1) is 5.36 Å². The second-order valence-electron chi connectivity index (χ2n) is 4.03. The van der Waals surface area contributed by atoms with Crippen LogP contribution in [0, 0.1) is 0 Å². The number of allylic oxidation sites excluding steroid dienone is 3. The fourth-order valence-corrected chi connectivity index (χ4v) is 3.45. The van der Waals surface area contributed by atoms with E-state index in [0.29, 0.717) is 6.42 Å². The second kappa shape index (κ2) is 4.78. The van der Waals surface area contributed by atoms with Crippen LogP contribution in [-0.2, 0) is 4.79 Å². The van der Waals surface area contributed by atoms with Crippen LogP contribution in [-0.4, -0.2) is 12.0 Å².